The summed E-state index contributed by atoms with van der Waals surface area (Å²) in [5.41, 5.74) is 17.1. The molecular weight excluding hydrogens is 389 g/mol. The fraction of sp³-hybridized carbons (Fsp3) is 0.263. The summed E-state index contributed by atoms with van der Waals surface area (Å²) in [6.07, 6.45) is 2.86. The van der Waals surface area contributed by atoms with Gasteiger partial charge in [-0.05, 0) is 49.7 Å². The zero-order valence-electron chi connectivity index (χ0n) is 14.9. The average Bonchev–Trinajstić information content (AvgIpc) is 2.63. The van der Waals surface area contributed by atoms with Crippen LogP contribution in [-0.2, 0) is 4.79 Å². The number of aliphatic carboxylic acids is 1. The molecule has 0 fully saturated rings. The molecule has 2 rings (SSSR count). The van der Waals surface area contributed by atoms with Crippen molar-refractivity contribution in [3.8, 4) is 0 Å². The number of hydrogen-bond acceptors (Lipinski definition) is 5. The van der Waals surface area contributed by atoms with Crippen LogP contribution in [0.2, 0.25) is 10.0 Å². The lowest BCUT2D eigenvalue weighted by atomic mass is 10.1. The van der Waals surface area contributed by atoms with E-state index in [2.05, 4.69) is 0 Å². The maximum atomic E-state index is 10.2. The predicted molar refractivity (Wildman–Crippen MR) is 111 cm³/mol. The van der Waals surface area contributed by atoms with E-state index in [0.717, 1.165) is 18.5 Å². The lowest BCUT2D eigenvalue weighted by molar-refractivity contribution is -0.138. The van der Waals surface area contributed by atoms with E-state index < -0.39 is 12.0 Å². The van der Waals surface area contributed by atoms with Gasteiger partial charge in [0.05, 0.1) is 5.02 Å². The van der Waals surface area contributed by atoms with Crippen LogP contribution in [-0.4, -0.2) is 29.9 Å². The number of carbonyl (C=O) groups is 2. The first-order chi connectivity index (χ1) is 12.8. The van der Waals surface area contributed by atoms with Crippen molar-refractivity contribution in [3.63, 3.8) is 0 Å². The molecule has 8 heteroatoms. The van der Waals surface area contributed by atoms with Gasteiger partial charge in [-0.25, -0.2) is 0 Å². The van der Waals surface area contributed by atoms with Crippen molar-refractivity contribution < 1.29 is 14.7 Å². The predicted octanol–water partition coefficient (Wildman–Crippen LogP) is 3.60. The van der Waals surface area contributed by atoms with E-state index >= 15 is 0 Å². The van der Waals surface area contributed by atoms with E-state index in [-0.39, 0.29) is 0 Å². The molecule has 0 radical (unpaired) electrons. The van der Waals surface area contributed by atoms with Crippen LogP contribution in [0.3, 0.4) is 0 Å². The number of nitrogen functional groups attached to an aromatic ring is 1. The van der Waals surface area contributed by atoms with Crippen molar-refractivity contribution in [3.05, 3.63) is 64.1 Å². The molecule has 7 N–H and O–H groups in total. The molecule has 27 heavy (non-hydrogen) atoms. The third-order valence-electron chi connectivity index (χ3n) is 3.18. The summed E-state index contributed by atoms with van der Waals surface area (Å²) >= 11 is 11.2. The van der Waals surface area contributed by atoms with Gasteiger partial charge in [0.1, 0.15) is 6.04 Å². The molecular formula is C19H25Cl2N3O3. The summed E-state index contributed by atoms with van der Waals surface area (Å²) in [4.78, 5) is 20.3. The maximum absolute atomic E-state index is 10.2. The number of hydrogen-bond donors (Lipinski definition) is 4. The molecule has 0 aliphatic carbocycles. The Morgan fingerprint density at radius 2 is 1.74 bits per heavy atom. The number of rotatable bonds is 6. The number of unbranched alkanes of at least 4 members (excludes halogenated alkanes) is 1. The van der Waals surface area contributed by atoms with E-state index in [0.29, 0.717) is 34.9 Å². The van der Waals surface area contributed by atoms with Crippen LogP contribution < -0.4 is 17.2 Å². The summed E-state index contributed by atoms with van der Waals surface area (Å²) in [5.74, 6) is -0.933. The molecule has 0 bridgehead atoms. The van der Waals surface area contributed by atoms with Gasteiger partial charge in [0.25, 0.3) is 0 Å². The minimum Gasteiger partial charge on any atom is -0.480 e. The van der Waals surface area contributed by atoms with Gasteiger partial charge in [-0.2, -0.15) is 0 Å². The smallest absolute Gasteiger partial charge is 0.320 e. The van der Waals surface area contributed by atoms with Crippen LogP contribution in [0.1, 0.15) is 29.6 Å². The molecule has 0 saturated heterocycles. The summed E-state index contributed by atoms with van der Waals surface area (Å²) in [5, 5.41) is 9.25. The topological polar surface area (TPSA) is 132 Å². The van der Waals surface area contributed by atoms with Crippen molar-refractivity contribution in [1.82, 2.24) is 0 Å². The fourth-order valence-corrected chi connectivity index (χ4v) is 2.14. The van der Waals surface area contributed by atoms with E-state index in [4.69, 9.17) is 45.5 Å². The van der Waals surface area contributed by atoms with Crippen LogP contribution in [0, 0.1) is 0 Å². The third-order valence-corrected chi connectivity index (χ3v) is 3.74. The molecule has 0 aliphatic rings. The molecule has 2 aromatic carbocycles. The van der Waals surface area contributed by atoms with Crippen LogP contribution in [0.15, 0.2) is 48.5 Å². The van der Waals surface area contributed by atoms with Crippen molar-refractivity contribution >= 4 is 41.1 Å². The number of carbonyl (C=O) groups excluding carboxylic acids is 1. The SMILES string of the molecule is NCCCC[C@H](N)C(=O)O.Nc1ccccc1.O=Cc1ccc(Cl)cc1Cl. The molecule has 0 amide bonds. The number of anilines is 1. The minimum absolute atomic E-state index is 0.391. The van der Waals surface area contributed by atoms with E-state index in [1.807, 2.05) is 30.3 Å². The normalized spacial score (nSPS) is 10.5. The second-order valence-corrected chi connectivity index (χ2v) is 6.27. The first-order valence-electron chi connectivity index (χ1n) is 8.21. The standard InChI is InChI=1S/C7H4Cl2O.C6H14N2O2.C6H7N/c8-6-2-1-5(4-10)7(9)3-6;7-4-2-1-3-5(8)6(9)10;7-6-4-2-1-3-5-6/h1-4H;5H,1-4,7-8H2,(H,9,10);1-5H,7H2/t;5-;/m.0./s1. The van der Waals surface area contributed by atoms with Gasteiger partial charge in [0.2, 0.25) is 0 Å². The van der Waals surface area contributed by atoms with Gasteiger partial charge in [0, 0.05) is 16.3 Å². The molecule has 2 aromatic rings. The Labute approximate surface area is 169 Å². The summed E-state index contributed by atoms with van der Waals surface area (Å²) in [6, 6.07) is 13.5. The van der Waals surface area contributed by atoms with Crippen molar-refractivity contribution in [1.29, 1.82) is 0 Å². The van der Waals surface area contributed by atoms with E-state index in [1.54, 1.807) is 12.1 Å². The minimum atomic E-state index is -0.933. The molecule has 0 heterocycles. The van der Waals surface area contributed by atoms with Crippen LogP contribution in [0.25, 0.3) is 0 Å². The van der Waals surface area contributed by atoms with Gasteiger partial charge < -0.3 is 22.3 Å². The second kappa shape index (κ2) is 15.0. The van der Waals surface area contributed by atoms with Gasteiger partial charge in [0.15, 0.2) is 6.29 Å². The highest BCUT2D eigenvalue weighted by Crippen LogP contribution is 2.18. The molecule has 0 saturated carbocycles. The van der Waals surface area contributed by atoms with Gasteiger partial charge in [-0.3, -0.25) is 9.59 Å². The fourth-order valence-electron chi connectivity index (χ4n) is 1.68. The lowest BCUT2D eigenvalue weighted by Crippen LogP contribution is -2.29. The quantitative estimate of drug-likeness (QED) is 0.324. The zero-order chi connectivity index (χ0) is 20.7. The highest BCUT2D eigenvalue weighted by atomic mass is 35.5. The summed E-state index contributed by atoms with van der Waals surface area (Å²) < 4.78 is 0. The Hall–Kier alpha value is -2.12. The molecule has 0 aromatic heterocycles. The lowest BCUT2D eigenvalue weighted by Gasteiger charge is -2.03. The van der Waals surface area contributed by atoms with Crippen LogP contribution in [0.5, 0.6) is 0 Å². The van der Waals surface area contributed by atoms with Gasteiger partial charge in [-0.1, -0.05) is 47.8 Å². The Morgan fingerprint density at radius 3 is 2.15 bits per heavy atom. The van der Waals surface area contributed by atoms with E-state index in [1.165, 1.54) is 6.07 Å². The van der Waals surface area contributed by atoms with Crippen molar-refractivity contribution in [2.75, 3.05) is 12.3 Å². The maximum Gasteiger partial charge on any atom is 0.320 e. The number of aldehydes is 1. The largest absolute Gasteiger partial charge is 0.480 e. The van der Waals surface area contributed by atoms with Crippen LogP contribution >= 0.6 is 23.2 Å². The zero-order valence-corrected chi connectivity index (χ0v) is 16.4. The molecule has 6 nitrogen and oxygen atoms in total. The number of carboxylic acids is 1. The van der Waals surface area contributed by atoms with Crippen molar-refractivity contribution in [2.45, 2.75) is 25.3 Å². The highest BCUT2D eigenvalue weighted by molar-refractivity contribution is 6.36. The molecule has 148 valence electrons. The molecule has 1 atom stereocenters. The summed E-state index contributed by atoms with van der Waals surface area (Å²) in [7, 11) is 0. The Bertz CT molecular complexity index is 685. The summed E-state index contributed by atoms with van der Waals surface area (Å²) in [6.45, 7) is 0.604. The number of nitrogens with two attached hydrogens (primary N) is 3. The number of para-hydroxylation sites is 1. The first kappa shape index (κ1) is 24.9. The molecule has 0 unspecified atom stereocenters. The molecule has 0 aliphatic heterocycles. The first-order valence-corrected chi connectivity index (χ1v) is 8.96. The highest BCUT2D eigenvalue weighted by Gasteiger charge is 2.09. The Morgan fingerprint density at radius 1 is 1.11 bits per heavy atom. The monoisotopic (exact) mass is 413 g/mol. The van der Waals surface area contributed by atoms with Crippen LogP contribution in [0.4, 0.5) is 5.69 Å². The third kappa shape index (κ3) is 12.8. The molecule has 0 spiro atoms. The second-order valence-electron chi connectivity index (χ2n) is 5.42. The number of carboxylic acid groups (broad SMARTS) is 1. The Balaban J connectivity index is 0.000000382. The number of benzene rings is 2. The van der Waals surface area contributed by atoms with Crippen molar-refractivity contribution in [2.24, 2.45) is 11.5 Å². The average molecular weight is 414 g/mol. The van der Waals surface area contributed by atoms with E-state index in [9.17, 15) is 9.59 Å². The van der Waals surface area contributed by atoms with Gasteiger partial charge >= 0.3 is 5.97 Å². The number of halogens is 2. The van der Waals surface area contributed by atoms with Gasteiger partial charge in [-0.15, -0.1) is 0 Å². The Kier molecular flexibility index (Phi) is 13.8.